The molecule has 4 nitrogen and oxygen atoms in total. The summed E-state index contributed by atoms with van der Waals surface area (Å²) in [6.45, 7) is 8.22. The molecule has 1 atom stereocenters. The average Bonchev–Trinajstić information content (AvgIpc) is 2.38. The van der Waals surface area contributed by atoms with Crippen LogP contribution >= 0.6 is 0 Å². The van der Waals surface area contributed by atoms with Gasteiger partial charge in [0.25, 0.3) is 0 Å². The van der Waals surface area contributed by atoms with Crippen LogP contribution < -0.4 is 0 Å². The molecule has 2 heterocycles. The fourth-order valence-corrected chi connectivity index (χ4v) is 2.47. The molecule has 19 heavy (non-hydrogen) atoms. The predicted octanol–water partition coefficient (Wildman–Crippen LogP) is 2.77. The molecule has 2 rings (SSSR count). The van der Waals surface area contributed by atoms with Crippen LogP contribution in [0.1, 0.15) is 33.6 Å². The van der Waals surface area contributed by atoms with E-state index in [0.29, 0.717) is 6.04 Å². The van der Waals surface area contributed by atoms with Gasteiger partial charge in [-0.15, -0.1) is 0 Å². The molecule has 1 unspecified atom stereocenters. The molecule has 0 spiro atoms. The molecule has 0 N–H and O–H groups in total. The number of allylic oxidation sites excluding steroid dienone is 2. The summed E-state index contributed by atoms with van der Waals surface area (Å²) < 4.78 is 5.45. The lowest BCUT2D eigenvalue weighted by molar-refractivity contribution is 0.0143. The van der Waals surface area contributed by atoms with E-state index in [1.165, 1.54) is 0 Å². The van der Waals surface area contributed by atoms with Crippen LogP contribution in [0.4, 0.5) is 4.79 Å². The standard InChI is InChI=1S/C15H24N2O2/c1-15(2,3)19-14(18)17-11-7-8-13(12-17)16-9-5-4-6-10-16/h4-6,9,13H,7-8,10-12H2,1-3H3. The zero-order valence-corrected chi connectivity index (χ0v) is 12.1. The fourth-order valence-electron chi connectivity index (χ4n) is 2.47. The van der Waals surface area contributed by atoms with Gasteiger partial charge >= 0.3 is 6.09 Å². The maximum absolute atomic E-state index is 12.1. The van der Waals surface area contributed by atoms with Crippen LogP contribution in [0.15, 0.2) is 24.4 Å². The van der Waals surface area contributed by atoms with Crippen molar-refractivity contribution in [3.05, 3.63) is 24.4 Å². The first-order valence-corrected chi connectivity index (χ1v) is 7.03. The molecule has 1 saturated heterocycles. The number of hydrogen-bond donors (Lipinski definition) is 0. The minimum absolute atomic E-state index is 0.186. The third-order valence-electron chi connectivity index (χ3n) is 3.36. The number of hydrogen-bond acceptors (Lipinski definition) is 3. The van der Waals surface area contributed by atoms with Gasteiger partial charge in [0.05, 0.1) is 0 Å². The maximum Gasteiger partial charge on any atom is 0.410 e. The topological polar surface area (TPSA) is 32.8 Å². The Labute approximate surface area is 115 Å². The molecule has 2 aliphatic heterocycles. The SMILES string of the molecule is CC(C)(C)OC(=O)N1CCCC(N2C=CC=CC2)C1. The minimum Gasteiger partial charge on any atom is -0.444 e. The van der Waals surface area contributed by atoms with E-state index in [2.05, 4.69) is 29.3 Å². The number of amides is 1. The number of carbonyl (C=O) groups excluding carboxylic acids is 1. The van der Waals surface area contributed by atoms with E-state index < -0.39 is 5.60 Å². The number of piperidine rings is 1. The molecule has 106 valence electrons. The highest BCUT2D eigenvalue weighted by molar-refractivity contribution is 5.68. The molecular formula is C15H24N2O2. The molecule has 0 aromatic carbocycles. The molecule has 0 saturated carbocycles. The van der Waals surface area contributed by atoms with Crippen molar-refractivity contribution in [1.82, 2.24) is 9.80 Å². The molecule has 0 aromatic heterocycles. The van der Waals surface area contributed by atoms with Crippen molar-refractivity contribution >= 4 is 6.09 Å². The minimum atomic E-state index is -0.419. The van der Waals surface area contributed by atoms with Gasteiger partial charge in [0, 0.05) is 25.7 Å². The van der Waals surface area contributed by atoms with Crippen molar-refractivity contribution in [3.8, 4) is 0 Å². The van der Waals surface area contributed by atoms with Crippen molar-refractivity contribution in [1.29, 1.82) is 0 Å². The maximum atomic E-state index is 12.1. The summed E-state index contributed by atoms with van der Waals surface area (Å²) in [5.74, 6) is 0. The third-order valence-corrected chi connectivity index (χ3v) is 3.36. The van der Waals surface area contributed by atoms with Crippen LogP contribution in [0.25, 0.3) is 0 Å². The van der Waals surface area contributed by atoms with Gasteiger partial charge in [-0.25, -0.2) is 4.79 Å². The summed E-state index contributed by atoms with van der Waals surface area (Å²) in [6, 6.07) is 0.405. The van der Waals surface area contributed by atoms with E-state index in [-0.39, 0.29) is 6.09 Å². The monoisotopic (exact) mass is 264 g/mol. The molecule has 0 aromatic rings. The highest BCUT2D eigenvalue weighted by Gasteiger charge is 2.29. The van der Waals surface area contributed by atoms with Gasteiger partial charge in [-0.05, 0) is 45.9 Å². The third kappa shape index (κ3) is 4.01. The first-order valence-electron chi connectivity index (χ1n) is 7.03. The van der Waals surface area contributed by atoms with Crippen LogP contribution in [0.3, 0.4) is 0 Å². The Kier molecular flexibility index (Phi) is 4.17. The molecule has 1 fully saturated rings. The number of rotatable bonds is 1. The Balaban J connectivity index is 1.91. The van der Waals surface area contributed by atoms with Crippen molar-refractivity contribution in [2.45, 2.75) is 45.3 Å². The number of carbonyl (C=O) groups is 1. The van der Waals surface area contributed by atoms with E-state index in [1.807, 2.05) is 25.7 Å². The Hall–Kier alpha value is -1.45. The zero-order valence-electron chi connectivity index (χ0n) is 12.1. The van der Waals surface area contributed by atoms with E-state index in [1.54, 1.807) is 0 Å². The van der Waals surface area contributed by atoms with Gasteiger partial charge in [-0.3, -0.25) is 0 Å². The second kappa shape index (κ2) is 5.68. The summed E-state index contributed by atoms with van der Waals surface area (Å²) in [6.07, 6.45) is 10.4. The van der Waals surface area contributed by atoms with Crippen molar-refractivity contribution in [2.75, 3.05) is 19.6 Å². The van der Waals surface area contributed by atoms with Gasteiger partial charge < -0.3 is 14.5 Å². The Morgan fingerprint density at radius 1 is 1.32 bits per heavy atom. The molecule has 0 radical (unpaired) electrons. The first kappa shape index (κ1) is 14.0. The molecule has 4 heteroatoms. The van der Waals surface area contributed by atoms with Gasteiger partial charge in [0.2, 0.25) is 0 Å². The van der Waals surface area contributed by atoms with E-state index in [0.717, 1.165) is 32.5 Å². The molecule has 0 bridgehead atoms. The lowest BCUT2D eigenvalue weighted by Gasteiger charge is -2.39. The summed E-state index contributed by atoms with van der Waals surface area (Å²) in [4.78, 5) is 16.2. The van der Waals surface area contributed by atoms with Crippen LogP contribution in [0.5, 0.6) is 0 Å². The molecule has 1 amide bonds. The highest BCUT2D eigenvalue weighted by atomic mass is 16.6. The lowest BCUT2D eigenvalue weighted by atomic mass is 10.0. The van der Waals surface area contributed by atoms with Crippen LogP contribution in [-0.4, -0.2) is 47.2 Å². The van der Waals surface area contributed by atoms with E-state index >= 15 is 0 Å². The number of nitrogens with zero attached hydrogens (tertiary/aromatic N) is 2. The first-order chi connectivity index (χ1) is 8.96. The number of likely N-dealkylation sites (tertiary alicyclic amines) is 1. The Morgan fingerprint density at radius 3 is 2.74 bits per heavy atom. The Morgan fingerprint density at radius 2 is 2.11 bits per heavy atom. The van der Waals surface area contributed by atoms with Crippen LogP contribution in [0, 0.1) is 0 Å². The van der Waals surface area contributed by atoms with Crippen molar-refractivity contribution in [2.24, 2.45) is 0 Å². The second-order valence-corrected chi connectivity index (χ2v) is 6.19. The molecular weight excluding hydrogens is 240 g/mol. The average molecular weight is 264 g/mol. The second-order valence-electron chi connectivity index (χ2n) is 6.19. The number of ether oxygens (including phenoxy) is 1. The van der Waals surface area contributed by atoms with Crippen molar-refractivity contribution < 1.29 is 9.53 Å². The normalized spacial score (nSPS) is 23.6. The zero-order chi connectivity index (χ0) is 13.9. The summed E-state index contributed by atoms with van der Waals surface area (Å²) in [5, 5.41) is 0. The summed E-state index contributed by atoms with van der Waals surface area (Å²) >= 11 is 0. The highest BCUT2D eigenvalue weighted by Crippen LogP contribution is 2.20. The Bertz CT molecular complexity index is 382. The largest absolute Gasteiger partial charge is 0.444 e. The van der Waals surface area contributed by atoms with E-state index in [9.17, 15) is 4.79 Å². The fraction of sp³-hybridized carbons (Fsp3) is 0.667. The van der Waals surface area contributed by atoms with E-state index in [4.69, 9.17) is 4.74 Å². The lowest BCUT2D eigenvalue weighted by Crippen LogP contribution is -2.49. The quantitative estimate of drug-likeness (QED) is 0.730. The predicted molar refractivity (Wildman–Crippen MR) is 75.8 cm³/mol. The van der Waals surface area contributed by atoms with Gasteiger partial charge in [-0.2, -0.15) is 0 Å². The van der Waals surface area contributed by atoms with Gasteiger partial charge in [0.15, 0.2) is 0 Å². The van der Waals surface area contributed by atoms with Crippen molar-refractivity contribution in [3.63, 3.8) is 0 Å². The van der Waals surface area contributed by atoms with Gasteiger partial charge in [-0.1, -0.05) is 12.2 Å². The summed E-state index contributed by atoms with van der Waals surface area (Å²) in [7, 11) is 0. The van der Waals surface area contributed by atoms with Gasteiger partial charge in [0.1, 0.15) is 5.60 Å². The summed E-state index contributed by atoms with van der Waals surface area (Å²) in [5.41, 5.74) is -0.419. The molecule has 0 aliphatic carbocycles. The molecule has 2 aliphatic rings. The smallest absolute Gasteiger partial charge is 0.410 e. The van der Waals surface area contributed by atoms with Crippen LogP contribution in [-0.2, 0) is 4.74 Å². The van der Waals surface area contributed by atoms with Crippen LogP contribution in [0.2, 0.25) is 0 Å².